The van der Waals surface area contributed by atoms with Crippen LogP contribution in [0.3, 0.4) is 0 Å². The van der Waals surface area contributed by atoms with Crippen LogP contribution in [0, 0.1) is 0 Å². The molecule has 37 heavy (non-hydrogen) atoms. The minimum atomic E-state index is 0.254. The molecule has 3 aromatic rings. The molecule has 0 amide bonds. The topological polar surface area (TPSA) is 30.9 Å². The van der Waals surface area contributed by atoms with Crippen molar-refractivity contribution in [2.45, 2.75) is 57.8 Å². The fourth-order valence-electron chi connectivity index (χ4n) is 5.68. The Bertz CT molecular complexity index is 1090. The van der Waals surface area contributed by atoms with E-state index in [1.165, 1.54) is 54.6 Å². The first-order chi connectivity index (χ1) is 18.2. The van der Waals surface area contributed by atoms with Crippen molar-refractivity contribution in [3.63, 3.8) is 0 Å². The molecule has 1 aliphatic heterocycles. The number of hydrogen-bond donors (Lipinski definition) is 0. The van der Waals surface area contributed by atoms with Gasteiger partial charge in [-0.15, -0.1) is 0 Å². The summed E-state index contributed by atoms with van der Waals surface area (Å²) in [5.41, 5.74) is 5.38. The van der Waals surface area contributed by atoms with Gasteiger partial charge in [0.1, 0.15) is 12.4 Å². The Morgan fingerprint density at radius 2 is 1.46 bits per heavy atom. The Hall–Kier alpha value is -2.98. The highest BCUT2D eigenvalue weighted by atomic mass is 16.5. The number of rotatable bonds is 8. The van der Waals surface area contributed by atoms with Gasteiger partial charge in [0.2, 0.25) is 0 Å². The molecule has 0 saturated carbocycles. The number of likely N-dealkylation sites (tertiary alicyclic amines) is 1. The molecule has 0 unspecified atom stereocenters. The Kier molecular flexibility index (Phi) is 9.90. The number of methoxy groups -OCH3 is 2. The first kappa shape index (κ1) is 27.1. The molecule has 4 heteroatoms. The van der Waals surface area contributed by atoms with Gasteiger partial charge in [-0.25, -0.2) is 0 Å². The highest BCUT2D eigenvalue weighted by Gasteiger charge is 2.33. The van der Waals surface area contributed by atoms with E-state index in [4.69, 9.17) is 14.2 Å². The van der Waals surface area contributed by atoms with E-state index < -0.39 is 0 Å². The summed E-state index contributed by atoms with van der Waals surface area (Å²) in [5, 5.41) is 0. The van der Waals surface area contributed by atoms with Crippen molar-refractivity contribution < 1.29 is 14.2 Å². The number of ether oxygens (including phenoxy) is 3. The maximum absolute atomic E-state index is 6.08. The lowest BCUT2D eigenvalue weighted by Crippen LogP contribution is -2.25. The van der Waals surface area contributed by atoms with Crippen LogP contribution in [0.1, 0.15) is 73.6 Å². The van der Waals surface area contributed by atoms with Crippen molar-refractivity contribution in [2.24, 2.45) is 0 Å². The predicted octanol–water partition coefficient (Wildman–Crippen LogP) is 7.46. The zero-order valence-corrected chi connectivity index (χ0v) is 23.0. The minimum absolute atomic E-state index is 0.254. The molecule has 2 atom stereocenters. The van der Waals surface area contributed by atoms with Gasteiger partial charge in [0.15, 0.2) is 11.5 Å². The van der Waals surface area contributed by atoms with E-state index in [2.05, 4.69) is 85.5 Å². The average Bonchev–Trinajstić information content (AvgIpc) is 3.46. The molecular formula is C33H43NO3. The first-order valence-corrected chi connectivity index (χ1v) is 13.9. The second-order valence-electron chi connectivity index (χ2n) is 10.1. The molecule has 1 fully saturated rings. The summed E-state index contributed by atoms with van der Waals surface area (Å²) in [5.74, 6) is 3.21. The average molecular weight is 502 g/mol. The zero-order valence-electron chi connectivity index (χ0n) is 23.0. The number of fused-ring (bicyclic) bond motifs is 1. The fourth-order valence-corrected chi connectivity index (χ4v) is 5.68. The number of nitrogens with zero attached hydrogens (tertiary/aromatic N) is 1. The van der Waals surface area contributed by atoms with Gasteiger partial charge in [-0.2, -0.15) is 0 Å². The van der Waals surface area contributed by atoms with Crippen LogP contribution in [0.4, 0.5) is 0 Å². The normalized spacial score (nSPS) is 18.9. The van der Waals surface area contributed by atoms with Crippen LogP contribution in [0.2, 0.25) is 0 Å². The highest BCUT2D eigenvalue weighted by Crippen LogP contribution is 2.49. The van der Waals surface area contributed by atoms with Crippen molar-refractivity contribution in [3.05, 3.63) is 89.0 Å². The number of aryl methyl sites for hydroxylation is 1. The SMILES string of the molecule is CCC.COc1cc2c(cc1OC)[C@@H](c1ccc(OCCN3CCCC3)cc1)[C@@H](c1ccccc1)CC2. The van der Waals surface area contributed by atoms with E-state index in [0.717, 1.165) is 43.2 Å². The van der Waals surface area contributed by atoms with Gasteiger partial charge in [-0.05, 0) is 91.2 Å². The molecule has 4 nitrogen and oxygen atoms in total. The zero-order chi connectivity index (χ0) is 26.0. The van der Waals surface area contributed by atoms with Gasteiger partial charge < -0.3 is 14.2 Å². The molecule has 0 spiro atoms. The predicted molar refractivity (Wildman–Crippen MR) is 152 cm³/mol. The van der Waals surface area contributed by atoms with Crippen LogP contribution in [0.5, 0.6) is 17.2 Å². The maximum atomic E-state index is 6.08. The molecule has 0 N–H and O–H groups in total. The fraction of sp³-hybridized carbons (Fsp3) is 0.455. The summed E-state index contributed by atoms with van der Waals surface area (Å²) < 4.78 is 17.4. The van der Waals surface area contributed by atoms with Crippen molar-refractivity contribution in [1.29, 1.82) is 0 Å². The van der Waals surface area contributed by atoms with Crippen molar-refractivity contribution >= 4 is 0 Å². The Balaban J connectivity index is 0.00000102. The van der Waals surface area contributed by atoms with E-state index in [0.29, 0.717) is 5.92 Å². The Morgan fingerprint density at radius 3 is 2.11 bits per heavy atom. The monoisotopic (exact) mass is 501 g/mol. The quantitative estimate of drug-likeness (QED) is 0.321. The molecule has 5 rings (SSSR count). The van der Waals surface area contributed by atoms with Gasteiger partial charge >= 0.3 is 0 Å². The summed E-state index contributed by atoms with van der Waals surface area (Å²) >= 11 is 0. The van der Waals surface area contributed by atoms with Crippen LogP contribution < -0.4 is 14.2 Å². The van der Waals surface area contributed by atoms with E-state index in [-0.39, 0.29) is 5.92 Å². The van der Waals surface area contributed by atoms with Gasteiger partial charge in [0.05, 0.1) is 14.2 Å². The summed E-state index contributed by atoms with van der Waals surface area (Å²) in [6.45, 7) is 8.42. The van der Waals surface area contributed by atoms with Crippen LogP contribution >= 0.6 is 0 Å². The molecule has 0 bridgehead atoms. The van der Waals surface area contributed by atoms with Crippen molar-refractivity contribution in [2.75, 3.05) is 40.5 Å². The minimum Gasteiger partial charge on any atom is -0.493 e. The summed E-state index contributed by atoms with van der Waals surface area (Å²) in [7, 11) is 3.42. The van der Waals surface area contributed by atoms with Crippen LogP contribution in [-0.2, 0) is 6.42 Å². The molecule has 1 heterocycles. The summed E-state index contributed by atoms with van der Waals surface area (Å²) in [6.07, 6.45) is 6.02. The van der Waals surface area contributed by atoms with Gasteiger partial charge in [0.25, 0.3) is 0 Å². The molecule has 0 radical (unpaired) electrons. The lowest BCUT2D eigenvalue weighted by Gasteiger charge is -2.35. The second kappa shape index (κ2) is 13.5. The Morgan fingerprint density at radius 1 is 0.811 bits per heavy atom. The van der Waals surface area contributed by atoms with Gasteiger partial charge in [-0.1, -0.05) is 62.7 Å². The van der Waals surface area contributed by atoms with E-state index in [1.54, 1.807) is 14.2 Å². The number of benzene rings is 3. The van der Waals surface area contributed by atoms with E-state index in [1.807, 2.05) is 0 Å². The molecule has 0 aromatic heterocycles. The highest BCUT2D eigenvalue weighted by molar-refractivity contribution is 5.54. The molecule has 2 aliphatic rings. The third-order valence-electron chi connectivity index (χ3n) is 7.45. The van der Waals surface area contributed by atoms with Crippen LogP contribution in [0.25, 0.3) is 0 Å². The van der Waals surface area contributed by atoms with Gasteiger partial charge in [0, 0.05) is 12.5 Å². The third kappa shape index (κ3) is 6.67. The summed E-state index contributed by atoms with van der Waals surface area (Å²) in [4.78, 5) is 2.49. The second-order valence-corrected chi connectivity index (χ2v) is 10.1. The number of hydrogen-bond acceptors (Lipinski definition) is 4. The van der Waals surface area contributed by atoms with Crippen LogP contribution in [0.15, 0.2) is 66.7 Å². The lowest BCUT2D eigenvalue weighted by molar-refractivity contribution is 0.237. The molecular weight excluding hydrogens is 458 g/mol. The van der Waals surface area contributed by atoms with Crippen LogP contribution in [-0.4, -0.2) is 45.4 Å². The molecule has 1 aliphatic carbocycles. The van der Waals surface area contributed by atoms with E-state index in [9.17, 15) is 0 Å². The first-order valence-electron chi connectivity index (χ1n) is 13.9. The maximum Gasteiger partial charge on any atom is 0.161 e. The van der Waals surface area contributed by atoms with Gasteiger partial charge in [-0.3, -0.25) is 4.90 Å². The summed E-state index contributed by atoms with van der Waals surface area (Å²) in [6, 6.07) is 24.0. The van der Waals surface area contributed by atoms with E-state index >= 15 is 0 Å². The smallest absolute Gasteiger partial charge is 0.161 e. The lowest BCUT2D eigenvalue weighted by atomic mass is 9.69. The largest absolute Gasteiger partial charge is 0.493 e. The molecule has 1 saturated heterocycles. The standard InChI is InChI=1S/C30H35NO3.C3H8/c1-32-28-20-24-12-15-26(22-8-4-3-5-9-22)30(27(24)21-29(28)33-2)23-10-13-25(14-11-23)34-19-18-31-16-6-7-17-31;1-3-2/h3-5,8-11,13-14,20-21,26,30H,6-7,12,15-19H2,1-2H3;3H2,1-2H3/t26-,30+;/m1./s1. The van der Waals surface area contributed by atoms with Crippen molar-refractivity contribution in [3.8, 4) is 17.2 Å². The third-order valence-corrected chi connectivity index (χ3v) is 7.45. The Labute approximate surface area is 223 Å². The molecule has 3 aromatic carbocycles. The van der Waals surface area contributed by atoms with Crippen molar-refractivity contribution in [1.82, 2.24) is 4.90 Å². The molecule has 198 valence electrons.